The van der Waals surface area contributed by atoms with Gasteiger partial charge in [0.2, 0.25) is 11.1 Å². The van der Waals surface area contributed by atoms with E-state index in [1.165, 1.54) is 11.8 Å². The molecule has 5 nitrogen and oxygen atoms in total. The average Bonchev–Trinajstić information content (AvgIpc) is 3.10. The van der Waals surface area contributed by atoms with Crippen LogP contribution in [-0.4, -0.2) is 38.8 Å². The normalized spacial score (nSPS) is 10.6. The fraction of sp³-hybridized carbons (Fsp3) is 0.167. The van der Waals surface area contributed by atoms with E-state index in [0.29, 0.717) is 28.3 Å². The second-order valence-electron chi connectivity index (χ2n) is 5.50. The summed E-state index contributed by atoms with van der Waals surface area (Å²) in [5, 5.41) is 8.26. The van der Waals surface area contributed by atoms with Crippen molar-refractivity contribution in [2.75, 3.05) is 12.8 Å². The van der Waals surface area contributed by atoms with Gasteiger partial charge in [-0.05, 0) is 29.8 Å². The number of aromatic amines is 1. The van der Waals surface area contributed by atoms with Gasteiger partial charge in [-0.1, -0.05) is 53.7 Å². The molecule has 0 radical (unpaired) electrons. The van der Waals surface area contributed by atoms with Crippen LogP contribution in [0.3, 0.4) is 0 Å². The summed E-state index contributed by atoms with van der Waals surface area (Å²) in [6, 6.07) is 17.2. The monoisotopic (exact) mass is 372 g/mol. The lowest BCUT2D eigenvalue weighted by atomic mass is 10.2. The van der Waals surface area contributed by atoms with Crippen molar-refractivity contribution in [2.24, 2.45) is 0 Å². The molecule has 1 N–H and O–H groups in total. The fourth-order valence-corrected chi connectivity index (χ4v) is 3.09. The van der Waals surface area contributed by atoms with E-state index in [4.69, 9.17) is 11.6 Å². The lowest BCUT2D eigenvalue weighted by molar-refractivity contribution is -0.127. The van der Waals surface area contributed by atoms with Crippen molar-refractivity contribution in [1.82, 2.24) is 20.1 Å². The molecule has 0 fully saturated rings. The summed E-state index contributed by atoms with van der Waals surface area (Å²) in [6.07, 6.45) is 0. The third kappa shape index (κ3) is 4.84. The Bertz CT molecular complexity index is 836. The molecule has 0 bridgehead atoms. The zero-order chi connectivity index (χ0) is 17.6. The Morgan fingerprint density at radius 2 is 1.88 bits per heavy atom. The van der Waals surface area contributed by atoms with E-state index in [-0.39, 0.29) is 5.91 Å². The third-order valence-corrected chi connectivity index (χ3v) is 4.68. The van der Waals surface area contributed by atoms with Crippen LogP contribution in [0, 0.1) is 0 Å². The second kappa shape index (κ2) is 8.18. The lowest BCUT2D eigenvalue weighted by Crippen LogP contribution is -2.27. The number of benzene rings is 2. The summed E-state index contributed by atoms with van der Waals surface area (Å²) >= 11 is 7.20. The number of rotatable bonds is 6. The highest BCUT2D eigenvalue weighted by Gasteiger charge is 2.12. The molecule has 1 aromatic heterocycles. The van der Waals surface area contributed by atoms with Gasteiger partial charge in [0.15, 0.2) is 5.82 Å². The van der Waals surface area contributed by atoms with Crippen molar-refractivity contribution < 1.29 is 4.79 Å². The number of nitrogens with zero attached hydrogens (tertiary/aromatic N) is 3. The van der Waals surface area contributed by atoms with Gasteiger partial charge in [0, 0.05) is 24.2 Å². The molecule has 0 atom stereocenters. The van der Waals surface area contributed by atoms with Crippen molar-refractivity contribution in [1.29, 1.82) is 0 Å². The molecule has 128 valence electrons. The van der Waals surface area contributed by atoms with Crippen LogP contribution in [0.5, 0.6) is 0 Å². The summed E-state index contributed by atoms with van der Waals surface area (Å²) < 4.78 is 0. The predicted molar refractivity (Wildman–Crippen MR) is 100 cm³/mol. The Morgan fingerprint density at radius 3 is 2.60 bits per heavy atom. The minimum Gasteiger partial charge on any atom is -0.341 e. The quantitative estimate of drug-likeness (QED) is 0.667. The highest BCUT2D eigenvalue weighted by molar-refractivity contribution is 7.99. The highest BCUT2D eigenvalue weighted by atomic mass is 35.5. The van der Waals surface area contributed by atoms with E-state index in [1.54, 1.807) is 24.1 Å². The minimum absolute atomic E-state index is 0.0340. The van der Waals surface area contributed by atoms with Gasteiger partial charge in [0.1, 0.15) is 0 Å². The van der Waals surface area contributed by atoms with Crippen molar-refractivity contribution in [3.63, 3.8) is 0 Å². The van der Waals surface area contributed by atoms with E-state index >= 15 is 0 Å². The maximum Gasteiger partial charge on any atom is 0.233 e. The molecule has 25 heavy (non-hydrogen) atoms. The van der Waals surface area contributed by atoms with Gasteiger partial charge in [0.25, 0.3) is 0 Å². The Kier molecular flexibility index (Phi) is 5.73. The highest BCUT2D eigenvalue weighted by Crippen LogP contribution is 2.21. The molecule has 7 heteroatoms. The maximum atomic E-state index is 12.3. The molecular weight excluding hydrogens is 356 g/mol. The summed E-state index contributed by atoms with van der Waals surface area (Å²) in [5.74, 6) is 0.984. The first kappa shape index (κ1) is 17.5. The van der Waals surface area contributed by atoms with Gasteiger partial charge >= 0.3 is 0 Å². The first-order chi connectivity index (χ1) is 12.1. The molecule has 0 saturated carbocycles. The van der Waals surface area contributed by atoms with Crippen LogP contribution in [0.25, 0.3) is 11.4 Å². The third-order valence-electron chi connectivity index (χ3n) is 3.60. The predicted octanol–water partition coefficient (Wildman–Crippen LogP) is 3.88. The molecule has 3 aromatic rings. The van der Waals surface area contributed by atoms with E-state index in [2.05, 4.69) is 15.2 Å². The average molecular weight is 373 g/mol. The molecule has 1 heterocycles. The fourth-order valence-electron chi connectivity index (χ4n) is 2.23. The summed E-state index contributed by atoms with van der Waals surface area (Å²) in [5.41, 5.74) is 2.00. The standard InChI is InChI=1S/C18H17ClN4OS/c1-23(11-13-5-3-2-4-6-13)16(24)12-25-18-20-17(21-22-18)14-7-9-15(19)10-8-14/h2-10H,11-12H2,1H3,(H,20,21,22). The number of thioether (sulfide) groups is 1. The van der Waals surface area contributed by atoms with E-state index < -0.39 is 0 Å². The van der Waals surface area contributed by atoms with Crippen LogP contribution in [0.15, 0.2) is 59.8 Å². The minimum atomic E-state index is 0.0340. The van der Waals surface area contributed by atoms with Crippen molar-refractivity contribution in [3.8, 4) is 11.4 Å². The first-order valence-electron chi connectivity index (χ1n) is 7.71. The molecule has 0 aliphatic rings. The zero-order valence-electron chi connectivity index (χ0n) is 13.6. The molecular formula is C18H17ClN4OS. The molecule has 0 aliphatic carbocycles. The van der Waals surface area contributed by atoms with E-state index in [9.17, 15) is 4.79 Å². The SMILES string of the molecule is CN(Cc1ccccc1)C(=O)CSc1n[nH]c(-c2ccc(Cl)cc2)n1. The number of hydrogen-bond acceptors (Lipinski definition) is 4. The number of H-pyrrole nitrogens is 1. The summed E-state index contributed by atoms with van der Waals surface area (Å²) in [6.45, 7) is 0.588. The van der Waals surface area contributed by atoms with Crippen LogP contribution in [0.1, 0.15) is 5.56 Å². The molecule has 2 aromatic carbocycles. The zero-order valence-corrected chi connectivity index (χ0v) is 15.2. The molecule has 0 saturated heterocycles. The van der Waals surface area contributed by atoms with Crippen LogP contribution in [0.2, 0.25) is 5.02 Å². The molecule has 1 amide bonds. The van der Waals surface area contributed by atoms with Crippen LogP contribution >= 0.6 is 23.4 Å². The molecule has 0 aliphatic heterocycles. The Morgan fingerprint density at radius 1 is 1.16 bits per heavy atom. The van der Waals surface area contributed by atoms with Crippen molar-refractivity contribution in [2.45, 2.75) is 11.7 Å². The Labute approximate surface area is 155 Å². The van der Waals surface area contributed by atoms with Crippen LogP contribution in [-0.2, 0) is 11.3 Å². The van der Waals surface area contributed by atoms with Crippen LogP contribution < -0.4 is 0 Å². The summed E-state index contributed by atoms with van der Waals surface area (Å²) in [4.78, 5) is 18.4. The number of amides is 1. The van der Waals surface area contributed by atoms with Crippen LogP contribution in [0.4, 0.5) is 0 Å². The topological polar surface area (TPSA) is 61.9 Å². The number of halogens is 1. The van der Waals surface area contributed by atoms with Gasteiger partial charge in [-0.15, -0.1) is 5.10 Å². The Hall–Kier alpha value is -2.31. The van der Waals surface area contributed by atoms with Gasteiger partial charge in [0.05, 0.1) is 5.75 Å². The largest absolute Gasteiger partial charge is 0.341 e. The number of aromatic nitrogens is 3. The molecule has 0 spiro atoms. The molecule has 3 rings (SSSR count). The van der Waals surface area contributed by atoms with Gasteiger partial charge < -0.3 is 4.90 Å². The number of hydrogen-bond donors (Lipinski definition) is 1. The first-order valence-corrected chi connectivity index (χ1v) is 9.07. The second-order valence-corrected chi connectivity index (χ2v) is 6.88. The maximum absolute atomic E-state index is 12.3. The van der Waals surface area contributed by atoms with Gasteiger partial charge in [-0.25, -0.2) is 4.98 Å². The lowest BCUT2D eigenvalue weighted by Gasteiger charge is -2.16. The van der Waals surface area contributed by atoms with Gasteiger partial charge in [-0.3, -0.25) is 9.89 Å². The smallest absolute Gasteiger partial charge is 0.233 e. The van der Waals surface area contributed by atoms with E-state index in [1.807, 2.05) is 42.5 Å². The Balaban J connectivity index is 1.54. The van der Waals surface area contributed by atoms with Gasteiger partial charge in [-0.2, -0.15) is 0 Å². The van der Waals surface area contributed by atoms with Crippen molar-refractivity contribution in [3.05, 3.63) is 65.2 Å². The van der Waals surface area contributed by atoms with Crippen molar-refractivity contribution >= 4 is 29.3 Å². The number of carbonyl (C=O) groups excluding carboxylic acids is 1. The number of carbonyl (C=O) groups is 1. The van der Waals surface area contributed by atoms with E-state index in [0.717, 1.165) is 11.1 Å². The summed E-state index contributed by atoms with van der Waals surface area (Å²) in [7, 11) is 1.80. The molecule has 0 unspecified atom stereocenters. The number of nitrogens with one attached hydrogen (secondary N) is 1.